The van der Waals surface area contributed by atoms with Crippen molar-refractivity contribution in [1.29, 1.82) is 0 Å². The Balaban J connectivity index is 1.63. The fraction of sp³-hybridized carbons (Fsp3) is 0.583. The maximum absolute atomic E-state index is 5.67. The van der Waals surface area contributed by atoms with Gasteiger partial charge in [-0.1, -0.05) is 0 Å². The molecule has 1 atom stereocenters. The lowest BCUT2D eigenvalue weighted by Crippen LogP contribution is -2.26. The molecule has 2 aromatic rings. The molecule has 21 heavy (non-hydrogen) atoms. The summed E-state index contributed by atoms with van der Waals surface area (Å²) in [6.07, 6.45) is 6.29. The SMILES string of the molecule is CN1CCCC1CCOc1nc(N)nc(-n2cncn2)n1. The summed E-state index contributed by atoms with van der Waals surface area (Å²) in [4.78, 5) is 18.4. The minimum atomic E-state index is 0.100. The molecular weight excluding hydrogens is 272 g/mol. The number of nitrogen functional groups attached to an aromatic ring is 1. The van der Waals surface area contributed by atoms with Crippen LogP contribution in [-0.2, 0) is 0 Å². The van der Waals surface area contributed by atoms with E-state index >= 15 is 0 Å². The molecule has 0 aromatic carbocycles. The van der Waals surface area contributed by atoms with Gasteiger partial charge in [0.2, 0.25) is 5.95 Å². The van der Waals surface area contributed by atoms with Crippen LogP contribution in [0.3, 0.4) is 0 Å². The third-order valence-electron chi connectivity index (χ3n) is 3.60. The largest absolute Gasteiger partial charge is 0.463 e. The van der Waals surface area contributed by atoms with E-state index < -0.39 is 0 Å². The predicted molar refractivity (Wildman–Crippen MR) is 74.9 cm³/mol. The van der Waals surface area contributed by atoms with Gasteiger partial charge in [-0.25, -0.2) is 4.98 Å². The Bertz CT molecular complexity index is 587. The molecule has 0 spiro atoms. The van der Waals surface area contributed by atoms with Gasteiger partial charge in [0.25, 0.3) is 5.95 Å². The van der Waals surface area contributed by atoms with Crippen molar-refractivity contribution in [2.45, 2.75) is 25.3 Å². The van der Waals surface area contributed by atoms with E-state index in [0.717, 1.165) is 13.0 Å². The van der Waals surface area contributed by atoms with E-state index in [-0.39, 0.29) is 12.0 Å². The summed E-state index contributed by atoms with van der Waals surface area (Å²) in [5.74, 6) is 0.400. The highest BCUT2D eigenvalue weighted by molar-refractivity contribution is 5.23. The van der Waals surface area contributed by atoms with Crippen LogP contribution in [0.1, 0.15) is 19.3 Å². The number of likely N-dealkylation sites (tertiary alicyclic amines) is 1. The highest BCUT2D eigenvalue weighted by atomic mass is 16.5. The smallest absolute Gasteiger partial charge is 0.323 e. The Labute approximate surface area is 122 Å². The van der Waals surface area contributed by atoms with E-state index in [2.05, 4.69) is 37.0 Å². The van der Waals surface area contributed by atoms with E-state index in [4.69, 9.17) is 10.5 Å². The Morgan fingerprint density at radius 1 is 1.38 bits per heavy atom. The highest BCUT2D eigenvalue weighted by Crippen LogP contribution is 2.18. The molecule has 3 heterocycles. The summed E-state index contributed by atoms with van der Waals surface area (Å²) >= 11 is 0. The van der Waals surface area contributed by atoms with Gasteiger partial charge in [0.05, 0.1) is 6.61 Å². The Morgan fingerprint density at radius 3 is 3.00 bits per heavy atom. The number of hydrogen-bond donors (Lipinski definition) is 1. The van der Waals surface area contributed by atoms with Crippen molar-refractivity contribution in [1.82, 2.24) is 34.6 Å². The van der Waals surface area contributed by atoms with Gasteiger partial charge in [-0.15, -0.1) is 0 Å². The highest BCUT2D eigenvalue weighted by Gasteiger charge is 2.20. The van der Waals surface area contributed by atoms with Crippen LogP contribution in [0.4, 0.5) is 5.95 Å². The molecule has 2 aromatic heterocycles. The quantitative estimate of drug-likeness (QED) is 0.813. The summed E-state index contributed by atoms with van der Waals surface area (Å²) in [5, 5.41) is 3.96. The van der Waals surface area contributed by atoms with E-state index in [0.29, 0.717) is 18.6 Å². The van der Waals surface area contributed by atoms with Gasteiger partial charge in [0.1, 0.15) is 12.7 Å². The average Bonchev–Trinajstić information content (AvgIpc) is 3.10. The summed E-state index contributed by atoms with van der Waals surface area (Å²) in [6.45, 7) is 1.70. The van der Waals surface area contributed by atoms with Crippen molar-refractivity contribution < 1.29 is 4.74 Å². The molecule has 9 nitrogen and oxygen atoms in total. The fourth-order valence-corrected chi connectivity index (χ4v) is 2.47. The first-order valence-corrected chi connectivity index (χ1v) is 6.92. The predicted octanol–water partition coefficient (Wildman–Crippen LogP) is -0.102. The number of nitrogens with zero attached hydrogens (tertiary/aromatic N) is 7. The van der Waals surface area contributed by atoms with Gasteiger partial charge in [-0.05, 0) is 32.9 Å². The van der Waals surface area contributed by atoms with Crippen LogP contribution in [-0.4, -0.2) is 60.9 Å². The zero-order valence-corrected chi connectivity index (χ0v) is 11.9. The summed E-state index contributed by atoms with van der Waals surface area (Å²) in [7, 11) is 2.14. The molecule has 1 fully saturated rings. The molecule has 0 radical (unpaired) electrons. The molecule has 9 heteroatoms. The number of ether oxygens (including phenoxy) is 1. The van der Waals surface area contributed by atoms with Crippen LogP contribution in [0.5, 0.6) is 6.01 Å². The fourth-order valence-electron chi connectivity index (χ4n) is 2.47. The van der Waals surface area contributed by atoms with E-state index in [1.807, 2.05) is 0 Å². The van der Waals surface area contributed by atoms with Gasteiger partial charge in [-0.3, -0.25) is 0 Å². The van der Waals surface area contributed by atoms with Gasteiger partial charge >= 0.3 is 6.01 Å². The molecular formula is C12H18N8O. The third kappa shape index (κ3) is 3.24. The van der Waals surface area contributed by atoms with Crippen molar-refractivity contribution in [3.05, 3.63) is 12.7 Å². The second-order valence-electron chi connectivity index (χ2n) is 5.03. The Hall–Kier alpha value is -2.29. The molecule has 112 valence electrons. The lowest BCUT2D eigenvalue weighted by Gasteiger charge is -2.18. The summed E-state index contributed by atoms with van der Waals surface area (Å²) in [5.41, 5.74) is 5.67. The second kappa shape index (κ2) is 6.00. The maximum atomic E-state index is 5.67. The second-order valence-corrected chi connectivity index (χ2v) is 5.03. The first kappa shape index (κ1) is 13.7. The molecule has 2 N–H and O–H groups in total. The van der Waals surface area contributed by atoms with Crippen LogP contribution < -0.4 is 10.5 Å². The number of nitrogens with two attached hydrogens (primary N) is 1. The van der Waals surface area contributed by atoms with E-state index in [9.17, 15) is 0 Å². The lowest BCUT2D eigenvalue weighted by atomic mass is 10.2. The average molecular weight is 290 g/mol. The minimum Gasteiger partial charge on any atom is -0.463 e. The van der Waals surface area contributed by atoms with Crippen molar-refractivity contribution in [3.8, 4) is 12.0 Å². The molecule has 3 rings (SSSR count). The lowest BCUT2D eigenvalue weighted by molar-refractivity contribution is 0.223. The van der Waals surface area contributed by atoms with Gasteiger partial charge in [0.15, 0.2) is 0 Å². The first-order chi connectivity index (χ1) is 10.2. The zero-order chi connectivity index (χ0) is 14.7. The summed E-state index contributed by atoms with van der Waals surface area (Å²) < 4.78 is 7.02. The molecule has 1 aliphatic heterocycles. The zero-order valence-electron chi connectivity index (χ0n) is 11.9. The van der Waals surface area contributed by atoms with Crippen molar-refractivity contribution in [2.75, 3.05) is 25.9 Å². The Morgan fingerprint density at radius 2 is 2.29 bits per heavy atom. The Kier molecular flexibility index (Phi) is 3.91. The van der Waals surface area contributed by atoms with Crippen LogP contribution in [0.25, 0.3) is 5.95 Å². The van der Waals surface area contributed by atoms with Crippen LogP contribution >= 0.6 is 0 Å². The monoisotopic (exact) mass is 290 g/mol. The molecule has 0 amide bonds. The molecule has 0 bridgehead atoms. The van der Waals surface area contributed by atoms with Crippen LogP contribution in [0.2, 0.25) is 0 Å². The number of rotatable bonds is 5. The number of hydrogen-bond acceptors (Lipinski definition) is 8. The number of anilines is 1. The van der Waals surface area contributed by atoms with Crippen molar-refractivity contribution >= 4 is 5.95 Å². The molecule has 1 aliphatic rings. The van der Waals surface area contributed by atoms with E-state index in [1.165, 1.54) is 30.2 Å². The summed E-state index contributed by atoms with van der Waals surface area (Å²) in [6, 6.07) is 0.785. The van der Waals surface area contributed by atoms with E-state index in [1.54, 1.807) is 0 Å². The first-order valence-electron chi connectivity index (χ1n) is 6.92. The molecule has 0 saturated carbocycles. The molecule has 1 unspecified atom stereocenters. The standard InChI is InChI=1S/C12H18N8O/c1-19-5-2-3-9(19)4-6-21-12-17-10(13)16-11(18-12)20-8-14-7-15-20/h7-9H,2-6H2,1H3,(H2,13,16,17,18). The maximum Gasteiger partial charge on any atom is 0.323 e. The van der Waals surface area contributed by atoms with Crippen LogP contribution in [0.15, 0.2) is 12.7 Å². The van der Waals surface area contributed by atoms with Crippen molar-refractivity contribution in [3.63, 3.8) is 0 Å². The molecule has 1 saturated heterocycles. The van der Waals surface area contributed by atoms with Crippen LogP contribution in [0, 0.1) is 0 Å². The normalized spacial score (nSPS) is 19.0. The molecule has 0 aliphatic carbocycles. The van der Waals surface area contributed by atoms with Gasteiger partial charge < -0.3 is 15.4 Å². The topological polar surface area (TPSA) is 108 Å². The third-order valence-corrected chi connectivity index (χ3v) is 3.60. The van der Waals surface area contributed by atoms with Gasteiger partial charge in [-0.2, -0.15) is 24.7 Å². The van der Waals surface area contributed by atoms with Gasteiger partial charge in [0, 0.05) is 6.04 Å². The minimum absolute atomic E-state index is 0.100. The number of aromatic nitrogens is 6. The van der Waals surface area contributed by atoms with Crippen molar-refractivity contribution in [2.24, 2.45) is 0 Å².